The molecule has 3 aromatic rings. The molecule has 0 bridgehead atoms. The van der Waals surface area contributed by atoms with Gasteiger partial charge in [-0.3, -0.25) is 4.79 Å². The van der Waals surface area contributed by atoms with Crippen LogP contribution in [-0.4, -0.2) is 15.9 Å². The molecule has 1 heterocycles. The van der Waals surface area contributed by atoms with E-state index in [0.29, 0.717) is 17.3 Å². The van der Waals surface area contributed by atoms with Crippen molar-refractivity contribution in [3.8, 4) is 0 Å². The van der Waals surface area contributed by atoms with E-state index in [0.717, 1.165) is 5.56 Å². The van der Waals surface area contributed by atoms with Gasteiger partial charge in [0.25, 0.3) is 5.91 Å². The van der Waals surface area contributed by atoms with Crippen molar-refractivity contribution < 1.29 is 9.18 Å². The zero-order valence-corrected chi connectivity index (χ0v) is 13.8. The number of nitrogens with zero attached hydrogens (tertiary/aromatic N) is 2. The second kappa shape index (κ2) is 7.72. The van der Waals surface area contributed by atoms with Crippen LogP contribution in [0.1, 0.15) is 16.1 Å². The normalized spacial score (nSPS) is 10.3. The lowest BCUT2D eigenvalue weighted by atomic mass is 10.2. The second-order valence-corrected chi connectivity index (χ2v) is 5.58. The fourth-order valence-electron chi connectivity index (χ4n) is 2.12. The Balaban J connectivity index is 1.67. The third-order valence-corrected chi connectivity index (χ3v) is 3.75. The summed E-state index contributed by atoms with van der Waals surface area (Å²) in [4.78, 5) is 20.5. The average molecular weight is 357 g/mol. The van der Waals surface area contributed by atoms with Gasteiger partial charge in [0, 0.05) is 23.5 Å². The molecule has 3 rings (SSSR count). The topological polar surface area (TPSA) is 66.9 Å². The Labute approximate surface area is 148 Å². The van der Waals surface area contributed by atoms with E-state index in [1.165, 1.54) is 24.4 Å². The maximum absolute atomic E-state index is 12.9. The van der Waals surface area contributed by atoms with Gasteiger partial charge in [0.2, 0.25) is 5.95 Å². The van der Waals surface area contributed by atoms with Gasteiger partial charge in [0.05, 0.1) is 0 Å². The SMILES string of the molecule is O=C(NCc1ccccc1Cl)c1ccnc(Nc2ccc(F)cc2)n1. The predicted octanol–water partition coefficient (Wildman–Crippen LogP) is 3.94. The fraction of sp³-hybridized carbons (Fsp3) is 0.0556. The molecule has 25 heavy (non-hydrogen) atoms. The number of hydrogen-bond acceptors (Lipinski definition) is 4. The molecule has 0 unspecified atom stereocenters. The molecule has 126 valence electrons. The fourth-order valence-corrected chi connectivity index (χ4v) is 2.32. The molecule has 0 fully saturated rings. The first kappa shape index (κ1) is 16.9. The van der Waals surface area contributed by atoms with Gasteiger partial charge in [-0.05, 0) is 42.0 Å². The maximum atomic E-state index is 12.9. The lowest BCUT2D eigenvalue weighted by molar-refractivity contribution is 0.0946. The Bertz CT molecular complexity index is 886. The zero-order valence-electron chi connectivity index (χ0n) is 13.0. The largest absolute Gasteiger partial charge is 0.347 e. The molecule has 2 aromatic carbocycles. The standard InChI is InChI=1S/C18H14ClFN4O/c19-15-4-2-1-3-12(15)11-22-17(25)16-9-10-21-18(24-16)23-14-7-5-13(20)6-8-14/h1-10H,11H2,(H,22,25)(H,21,23,24). The Morgan fingerprint density at radius 3 is 2.60 bits per heavy atom. The molecule has 0 atom stereocenters. The van der Waals surface area contributed by atoms with Crippen LogP contribution in [0.25, 0.3) is 0 Å². The van der Waals surface area contributed by atoms with E-state index in [1.54, 1.807) is 18.2 Å². The number of aromatic nitrogens is 2. The minimum absolute atomic E-state index is 0.215. The molecular weight excluding hydrogens is 343 g/mol. The van der Waals surface area contributed by atoms with Gasteiger partial charge >= 0.3 is 0 Å². The number of hydrogen-bond donors (Lipinski definition) is 2. The Morgan fingerprint density at radius 2 is 1.84 bits per heavy atom. The number of halogens is 2. The summed E-state index contributed by atoms with van der Waals surface area (Å²) < 4.78 is 12.9. The predicted molar refractivity (Wildman–Crippen MR) is 94.3 cm³/mol. The van der Waals surface area contributed by atoms with Gasteiger partial charge in [-0.15, -0.1) is 0 Å². The number of amides is 1. The summed E-state index contributed by atoms with van der Waals surface area (Å²) in [6.45, 7) is 0.295. The highest BCUT2D eigenvalue weighted by molar-refractivity contribution is 6.31. The van der Waals surface area contributed by atoms with Crippen molar-refractivity contribution in [3.05, 3.63) is 82.9 Å². The van der Waals surface area contributed by atoms with Crippen molar-refractivity contribution in [1.82, 2.24) is 15.3 Å². The third-order valence-electron chi connectivity index (χ3n) is 3.39. The van der Waals surface area contributed by atoms with Gasteiger partial charge in [0.1, 0.15) is 11.5 Å². The molecule has 2 N–H and O–H groups in total. The van der Waals surface area contributed by atoms with Crippen molar-refractivity contribution in [2.75, 3.05) is 5.32 Å². The summed E-state index contributed by atoms with van der Waals surface area (Å²) >= 11 is 6.07. The second-order valence-electron chi connectivity index (χ2n) is 5.17. The first-order valence-corrected chi connectivity index (χ1v) is 7.87. The minimum Gasteiger partial charge on any atom is -0.347 e. The summed E-state index contributed by atoms with van der Waals surface area (Å²) in [7, 11) is 0. The van der Waals surface area contributed by atoms with Crippen LogP contribution in [0.5, 0.6) is 0 Å². The van der Waals surface area contributed by atoms with E-state index < -0.39 is 0 Å². The van der Waals surface area contributed by atoms with Crippen molar-refractivity contribution in [3.63, 3.8) is 0 Å². The summed E-state index contributed by atoms with van der Waals surface area (Å²) in [5, 5.41) is 6.27. The minimum atomic E-state index is -0.343. The van der Waals surface area contributed by atoms with Crippen LogP contribution in [0.3, 0.4) is 0 Å². The van der Waals surface area contributed by atoms with Crippen LogP contribution >= 0.6 is 11.6 Å². The van der Waals surface area contributed by atoms with E-state index in [9.17, 15) is 9.18 Å². The lowest BCUT2D eigenvalue weighted by Crippen LogP contribution is -2.24. The zero-order chi connectivity index (χ0) is 17.6. The van der Waals surface area contributed by atoms with E-state index in [-0.39, 0.29) is 23.4 Å². The summed E-state index contributed by atoms with van der Waals surface area (Å²) in [5.74, 6) is -0.430. The maximum Gasteiger partial charge on any atom is 0.270 e. The van der Waals surface area contributed by atoms with E-state index >= 15 is 0 Å². The quantitative estimate of drug-likeness (QED) is 0.726. The molecule has 0 saturated carbocycles. The van der Waals surface area contributed by atoms with Gasteiger partial charge in [-0.2, -0.15) is 0 Å². The Hall–Kier alpha value is -2.99. The van der Waals surface area contributed by atoms with Crippen molar-refractivity contribution in [1.29, 1.82) is 0 Å². The number of carbonyl (C=O) groups excluding carboxylic acids is 1. The van der Waals surface area contributed by atoms with Crippen LogP contribution in [0.4, 0.5) is 16.0 Å². The van der Waals surface area contributed by atoms with Gasteiger partial charge < -0.3 is 10.6 Å². The summed E-state index contributed by atoms with van der Waals surface area (Å²) in [5.41, 5.74) is 1.65. The molecule has 5 nitrogen and oxygen atoms in total. The lowest BCUT2D eigenvalue weighted by Gasteiger charge is -2.08. The number of rotatable bonds is 5. The van der Waals surface area contributed by atoms with E-state index in [1.807, 2.05) is 18.2 Å². The highest BCUT2D eigenvalue weighted by atomic mass is 35.5. The molecule has 0 aliphatic heterocycles. The number of carbonyl (C=O) groups is 1. The van der Waals surface area contributed by atoms with Gasteiger partial charge in [-0.25, -0.2) is 14.4 Å². The Morgan fingerprint density at radius 1 is 1.08 bits per heavy atom. The number of benzene rings is 2. The molecular formula is C18H14ClFN4O. The molecule has 1 amide bonds. The van der Waals surface area contributed by atoms with Gasteiger partial charge in [0.15, 0.2) is 0 Å². The van der Waals surface area contributed by atoms with Crippen molar-refractivity contribution in [2.45, 2.75) is 6.54 Å². The number of anilines is 2. The van der Waals surface area contributed by atoms with E-state index in [4.69, 9.17) is 11.6 Å². The average Bonchev–Trinajstić information content (AvgIpc) is 2.63. The van der Waals surface area contributed by atoms with Crippen LogP contribution in [0, 0.1) is 5.82 Å². The van der Waals surface area contributed by atoms with Crippen LogP contribution in [0.2, 0.25) is 5.02 Å². The van der Waals surface area contributed by atoms with Crippen LogP contribution in [0.15, 0.2) is 60.8 Å². The molecule has 1 aromatic heterocycles. The highest BCUT2D eigenvalue weighted by Gasteiger charge is 2.10. The molecule has 0 saturated heterocycles. The van der Waals surface area contributed by atoms with Gasteiger partial charge in [-0.1, -0.05) is 29.8 Å². The first-order chi connectivity index (χ1) is 12.1. The van der Waals surface area contributed by atoms with Crippen LogP contribution in [-0.2, 0) is 6.54 Å². The highest BCUT2D eigenvalue weighted by Crippen LogP contribution is 2.15. The molecule has 0 aliphatic carbocycles. The molecule has 0 spiro atoms. The monoisotopic (exact) mass is 356 g/mol. The van der Waals surface area contributed by atoms with Crippen LogP contribution < -0.4 is 10.6 Å². The molecule has 7 heteroatoms. The molecule has 0 aliphatic rings. The Kier molecular flexibility index (Phi) is 5.20. The first-order valence-electron chi connectivity index (χ1n) is 7.49. The van der Waals surface area contributed by atoms with E-state index in [2.05, 4.69) is 20.6 Å². The van der Waals surface area contributed by atoms with Crippen molar-refractivity contribution in [2.24, 2.45) is 0 Å². The molecule has 0 radical (unpaired) electrons. The third kappa shape index (κ3) is 4.51. The summed E-state index contributed by atoms with van der Waals surface area (Å²) in [6, 6.07) is 14.5. The summed E-state index contributed by atoms with van der Waals surface area (Å²) in [6.07, 6.45) is 1.48. The smallest absolute Gasteiger partial charge is 0.270 e. The van der Waals surface area contributed by atoms with Crippen molar-refractivity contribution >= 4 is 29.1 Å². The number of nitrogens with one attached hydrogen (secondary N) is 2.